The van der Waals surface area contributed by atoms with Crippen LogP contribution in [0.1, 0.15) is 43.6 Å². The van der Waals surface area contributed by atoms with Gasteiger partial charge in [-0.3, -0.25) is 4.79 Å². The summed E-state index contributed by atoms with van der Waals surface area (Å²) in [6.45, 7) is 5.04. The maximum Gasteiger partial charge on any atom is 0.222 e. The van der Waals surface area contributed by atoms with Crippen LogP contribution >= 0.6 is 12.4 Å². The number of benzene rings is 1. The van der Waals surface area contributed by atoms with Crippen LogP contribution in [0.5, 0.6) is 0 Å². The normalized spacial score (nSPS) is 18.9. The third kappa shape index (κ3) is 3.45. The van der Waals surface area contributed by atoms with Crippen LogP contribution in [-0.4, -0.2) is 18.5 Å². The zero-order chi connectivity index (χ0) is 14.8. The maximum atomic E-state index is 12.1. The van der Waals surface area contributed by atoms with Crippen LogP contribution in [0.3, 0.4) is 0 Å². The maximum absolute atomic E-state index is 12.1. The summed E-state index contributed by atoms with van der Waals surface area (Å²) >= 11 is 0. The lowest BCUT2D eigenvalue weighted by molar-refractivity contribution is -0.122. The molecule has 1 aliphatic rings. The van der Waals surface area contributed by atoms with Gasteiger partial charge in [0.1, 0.15) is 11.3 Å². The number of halogens is 1. The Morgan fingerprint density at radius 1 is 1.45 bits per heavy atom. The minimum atomic E-state index is -0.105. The molecule has 0 radical (unpaired) electrons. The van der Waals surface area contributed by atoms with Crippen LogP contribution in [0.2, 0.25) is 0 Å². The van der Waals surface area contributed by atoms with Crippen LogP contribution in [0.15, 0.2) is 28.7 Å². The highest BCUT2D eigenvalue weighted by molar-refractivity contribution is 5.85. The van der Waals surface area contributed by atoms with Crippen molar-refractivity contribution in [3.8, 4) is 0 Å². The molecule has 1 saturated heterocycles. The zero-order valence-electron chi connectivity index (χ0n) is 13.0. The first-order valence-electron chi connectivity index (χ1n) is 7.66. The van der Waals surface area contributed by atoms with E-state index in [0.29, 0.717) is 12.5 Å². The summed E-state index contributed by atoms with van der Waals surface area (Å²) in [6, 6.07) is 8.20. The van der Waals surface area contributed by atoms with Crippen molar-refractivity contribution >= 4 is 29.3 Å². The minimum absolute atomic E-state index is 0. The molecule has 120 valence electrons. The van der Waals surface area contributed by atoms with E-state index in [1.165, 1.54) is 0 Å². The van der Waals surface area contributed by atoms with E-state index in [1.54, 1.807) is 0 Å². The summed E-state index contributed by atoms with van der Waals surface area (Å²) < 4.78 is 5.90. The Kier molecular flexibility index (Phi) is 5.48. The van der Waals surface area contributed by atoms with E-state index in [2.05, 4.69) is 16.7 Å². The van der Waals surface area contributed by atoms with Crippen molar-refractivity contribution in [2.24, 2.45) is 0 Å². The number of furan rings is 1. The Labute approximate surface area is 137 Å². The molecule has 0 aliphatic carbocycles. The highest BCUT2D eigenvalue weighted by Crippen LogP contribution is 2.29. The number of hydrogen-bond acceptors (Lipinski definition) is 3. The second-order valence-corrected chi connectivity index (χ2v) is 5.87. The number of carbonyl (C=O) groups excluding carboxylic acids is 1. The third-order valence-corrected chi connectivity index (χ3v) is 4.25. The SMILES string of the molecule is Cc1c(C(C)NC(=O)CC2CCCN2)oc2ccccc12.Cl. The summed E-state index contributed by atoms with van der Waals surface area (Å²) in [5, 5.41) is 7.52. The van der Waals surface area contributed by atoms with Crippen LogP contribution in [0.4, 0.5) is 0 Å². The van der Waals surface area contributed by atoms with Crippen LogP contribution in [-0.2, 0) is 4.79 Å². The third-order valence-electron chi connectivity index (χ3n) is 4.25. The second kappa shape index (κ2) is 7.16. The highest BCUT2D eigenvalue weighted by atomic mass is 35.5. The average Bonchev–Trinajstić information content (AvgIpc) is 3.07. The van der Waals surface area contributed by atoms with Crippen molar-refractivity contribution in [2.45, 2.75) is 45.2 Å². The second-order valence-electron chi connectivity index (χ2n) is 5.87. The van der Waals surface area contributed by atoms with E-state index >= 15 is 0 Å². The number of para-hydroxylation sites is 1. The van der Waals surface area contributed by atoms with Gasteiger partial charge in [-0.05, 0) is 39.3 Å². The predicted molar refractivity (Wildman–Crippen MR) is 90.4 cm³/mol. The molecule has 5 heteroatoms. The van der Waals surface area contributed by atoms with E-state index in [1.807, 2.05) is 32.0 Å². The fourth-order valence-corrected chi connectivity index (χ4v) is 3.13. The van der Waals surface area contributed by atoms with Crippen molar-refractivity contribution in [3.63, 3.8) is 0 Å². The summed E-state index contributed by atoms with van der Waals surface area (Å²) in [7, 11) is 0. The van der Waals surface area contributed by atoms with Crippen molar-refractivity contribution in [3.05, 3.63) is 35.6 Å². The molecule has 2 heterocycles. The first-order chi connectivity index (χ1) is 10.1. The number of carbonyl (C=O) groups is 1. The van der Waals surface area contributed by atoms with Crippen molar-refractivity contribution in [2.75, 3.05) is 6.54 Å². The van der Waals surface area contributed by atoms with Gasteiger partial charge in [-0.1, -0.05) is 18.2 Å². The van der Waals surface area contributed by atoms with Gasteiger partial charge in [0.2, 0.25) is 5.91 Å². The standard InChI is InChI=1S/C17H22N2O2.ClH/c1-11-14-7-3-4-8-15(14)21-17(11)12(2)19-16(20)10-13-6-5-9-18-13;/h3-4,7-8,12-13,18H,5-6,9-10H2,1-2H3,(H,19,20);1H. The summed E-state index contributed by atoms with van der Waals surface area (Å²) in [5.41, 5.74) is 1.99. The number of nitrogens with one attached hydrogen (secondary N) is 2. The molecule has 3 rings (SSSR count). The number of aryl methyl sites for hydroxylation is 1. The predicted octanol–water partition coefficient (Wildman–Crippen LogP) is 3.48. The van der Waals surface area contributed by atoms with E-state index in [4.69, 9.17) is 4.42 Å². The smallest absolute Gasteiger partial charge is 0.222 e. The van der Waals surface area contributed by atoms with Crippen LogP contribution in [0, 0.1) is 6.92 Å². The lowest BCUT2D eigenvalue weighted by Crippen LogP contribution is -2.33. The summed E-state index contributed by atoms with van der Waals surface area (Å²) in [6.07, 6.45) is 2.80. The first kappa shape index (κ1) is 16.8. The number of fused-ring (bicyclic) bond motifs is 1. The molecule has 1 aromatic carbocycles. The molecule has 2 atom stereocenters. The Morgan fingerprint density at radius 2 is 2.23 bits per heavy atom. The van der Waals surface area contributed by atoms with E-state index in [9.17, 15) is 4.79 Å². The van der Waals surface area contributed by atoms with Gasteiger partial charge in [0.15, 0.2) is 0 Å². The van der Waals surface area contributed by atoms with Gasteiger partial charge in [-0.2, -0.15) is 0 Å². The Hall–Kier alpha value is -1.52. The lowest BCUT2D eigenvalue weighted by Gasteiger charge is -2.15. The molecule has 0 saturated carbocycles. The van der Waals surface area contributed by atoms with Gasteiger partial charge in [0.25, 0.3) is 0 Å². The van der Waals surface area contributed by atoms with E-state index in [-0.39, 0.29) is 24.4 Å². The Bertz CT molecular complexity index is 647. The largest absolute Gasteiger partial charge is 0.459 e. The van der Waals surface area contributed by atoms with Gasteiger partial charge >= 0.3 is 0 Å². The van der Waals surface area contributed by atoms with Crippen molar-refractivity contribution in [1.29, 1.82) is 0 Å². The van der Waals surface area contributed by atoms with Crippen molar-refractivity contribution in [1.82, 2.24) is 10.6 Å². The Morgan fingerprint density at radius 3 is 2.91 bits per heavy atom. The molecule has 2 N–H and O–H groups in total. The van der Waals surface area contributed by atoms with Gasteiger partial charge in [0, 0.05) is 23.4 Å². The Balaban J connectivity index is 0.00000176. The van der Waals surface area contributed by atoms with Gasteiger partial charge < -0.3 is 15.1 Å². The minimum Gasteiger partial charge on any atom is -0.459 e. The van der Waals surface area contributed by atoms with Crippen LogP contribution < -0.4 is 10.6 Å². The van der Waals surface area contributed by atoms with Crippen molar-refractivity contribution < 1.29 is 9.21 Å². The number of hydrogen-bond donors (Lipinski definition) is 2. The molecule has 22 heavy (non-hydrogen) atoms. The molecule has 0 spiro atoms. The summed E-state index contributed by atoms with van der Waals surface area (Å²) in [5.74, 6) is 0.936. The molecule has 4 nitrogen and oxygen atoms in total. The molecule has 0 bridgehead atoms. The van der Waals surface area contributed by atoms with Crippen LogP contribution in [0.25, 0.3) is 11.0 Å². The fraction of sp³-hybridized carbons (Fsp3) is 0.471. The summed E-state index contributed by atoms with van der Waals surface area (Å²) in [4.78, 5) is 12.1. The van der Waals surface area contributed by atoms with Gasteiger partial charge in [-0.25, -0.2) is 0 Å². The highest BCUT2D eigenvalue weighted by Gasteiger charge is 2.21. The first-order valence-corrected chi connectivity index (χ1v) is 7.66. The van der Waals surface area contributed by atoms with E-state index in [0.717, 1.165) is 41.7 Å². The van der Waals surface area contributed by atoms with Gasteiger partial charge in [0.05, 0.1) is 6.04 Å². The molecule has 1 fully saturated rings. The number of rotatable bonds is 4. The molecule has 1 aromatic heterocycles. The monoisotopic (exact) mass is 322 g/mol. The molecule has 2 aromatic rings. The average molecular weight is 323 g/mol. The molecular formula is C17H23ClN2O2. The number of amides is 1. The fourth-order valence-electron chi connectivity index (χ4n) is 3.13. The molecule has 1 amide bonds. The lowest BCUT2D eigenvalue weighted by atomic mass is 10.1. The topological polar surface area (TPSA) is 54.3 Å². The van der Waals surface area contributed by atoms with Gasteiger partial charge in [-0.15, -0.1) is 12.4 Å². The quantitative estimate of drug-likeness (QED) is 0.906. The zero-order valence-corrected chi connectivity index (χ0v) is 13.8. The molecule has 1 aliphatic heterocycles. The molecular weight excluding hydrogens is 300 g/mol. The van der Waals surface area contributed by atoms with E-state index < -0.39 is 0 Å². The molecule has 2 unspecified atom stereocenters.